The Morgan fingerprint density at radius 3 is 1.45 bits per heavy atom. The quantitative estimate of drug-likeness (QED) is 0.673. The van der Waals surface area contributed by atoms with Crippen molar-refractivity contribution in [2.24, 2.45) is 0 Å². The van der Waals surface area contributed by atoms with Crippen LogP contribution in [-0.2, 0) is 10.1 Å². The monoisotopic (exact) mass is 324 g/mol. The van der Waals surface area contributed by atoms with Gasteiger partial charge in [-0.05, 0) is 34.4 Å². The zero-order valence-electron chi connectivity index (χ0n) is 14.6. The Morgan fingerprint density at radius 1 is 0.900 bits per heavy atom. The summed E-state index contributed by atoms with van der Waals surface area (Å²) in [7, 11) is -4.20. The predicted molar refractivity (Wildman–Crippen MR) is 79.6 cm³/mol. The summed E-state index contributed by atoms with van der Waals surface area (Å²) in [4.78, 5) is 0.0990. The maximum absolute atomic E-state index is 11.7. The van der Waals surface area contributed by atoms with E-state index in [1.165, 1.54) is 0 Å². The maximum Gasteiger partial charge on any atom is 1.00 e. The van der Waals surface area contributed by atoms with Crippen LogP contribution in [0.1, 0.15) is 77.4 Å². The maximum atomic E-state index is 11.7. The van der Waals surface area contributed by atoms with Crippen molar-refractivity contribution in [3.63, 3.8) is 0 Å². The first-order valence-corrected chi connectivity index (χ1v) is 8.14. The van der Waals surface area contributed by atoms with Crippen molar-refractivity contribution in [1.82, 2.24) is 0 Å². The Labute approximate surface area is 167 Å². The third kappa shape index (κ3) is 4.90. The number of hydrogen-bond acceptors (Lipinski definition) is 2. The van der Waals surface area contributed by atoms with Crippen LogP contribution in [0.2, 0.25) is 0 Å². The SMILES string of the molecule is CC(C)c1cc(C(C)C)c(S(=O)(=O)O)c(C(C)C)c1.[H-].[K+]. The Morgan fingerprint density at radius 2 is 1.25 bits per heavy atom. The summed E-state index contributed by atoms with van der Waals surface area (Å²) in [5.41, 5.74) is 2.52. The Hall–Kier alpha value is 0.766. The molecule has 0 aliphatic carbocycles. The number of hydrogen-bond donors (Lipinski definition) is 1. The van der Waals surface area contributed by atoms with Crippen LogP contribution < -0.4 is 51.4 Å². The summed E-state index contributed by atoms with van der Waals surface area (Å²) in [5.74, 6) is 0.423. The summed E-state index contributed by atoms with van der Waals surface area (Å²) >= 11 is 0. The molecule has 1 N–H and O–H groups in total. The van der Waals surface area contributed by atoms with E-state index >= 15 is 0 Å². The second-order valence-corrected chi connectivity index (χ2v) is 7.33. The van der Waals surface area contributed by atoms with Gasteiger partial charge in [-0.15, -0.1) is 0 Å². The smallest absolute Gasteiger partial charge is 1.00 e. The van der Waals surface area contributed by atoms with Crippen LogP contribution in [0.15, 0.2) is 17.0 Å². The van der Waals surface area contributed by atoms with Gasteiger partial charge in [0.05, 0.1) is 0 Å². The van der Waals surface area contributed by atoms with E-state index < -0.39 is 10.1 Å². The number of rotatable bonds is 4. The third-order valence-electron chi connectivity index (χ3n) is 3.34. The molecule has 0 aromatic heterocycles. The molecule has 0 aliphatic heterocycles. The molecule has 5 heteroatoms. The van der Waals surface area contributed by atoms with Crippen molar-refractivity contribution in [2.75, 3.05) is 0 Å². The largest absolute Gasteiger partial charge is 1.00 e. The second-order valence-electron chi connectivity index (χ2n) is 5.97. The van der Waals surface area contributed by atoms with Crippen LogP contribution in [0, 0.1) is 0 Å². The first kappa shape index (κ1) is 20.8. The molecule has 0 fully saturated rings. The van der Waals surface area contributed by atoms with E-state index in [9.17, 15) is 13.0 Å². The van der Waals surface area contributed by atoms with E-state index in [4.69, 9.17) is 0 Å². The molecule has 1 aromatic carbocycles. The van der Waals surface area contributed by atoms with Gasteiger partial charge in [0, 0.05) is 0 Å². The molecule has 0 bridgehead atoms. The van der Waals surface area contributed by atoms with Gasteiger partial charge in [0.1, 0.15) is 4.90 Å². The molecule has 110 valence electrons. The fraction of sp³-hybridized carbons (Fsp3) is 0.600. The van der Waals surface area contributed by atoms with Gasteiger partial charge in [0.2, 0.25) is 0 Å². The molecule has 1 rings (SSSR count). The van der Waals surface area contributed by atoms with Crippen molar-refractivity contribution in [1.29, 1.82) is 0 Å². The summed E-state index contributed by atoms with van der Waals surface area (Å²) in [6.07, 6.45) is 0. The minimum Gasteiger partial charge on any atom is -1.00 e. The molecule has 0 saturated heterocycles. The molecule has 0 unspecified atom stereocenters. The van der Waals surface area contributed by atoms with Crippen molar-refractivity contribution in [3.05, 3.63) is 28.8 Å². The van der Waals surface area contributed by atoms with E-state index in [-0.39, 0.29) is 69.5 Å². The van der Waals surface area contributed by atoms with Gasteiger partial charge < -0.3 is 1.43 Å². The Bertz CT molecular complexity index is 537. The van der Waals surface area contributed by atoms with Gasteiger partial charge in [-0.25, -0.2) is 0 Å². The van der Waals surface area contributed by atoms with Crippen LogP contribution in [-0.4, -0.2) is 13.0 Å². The van der Waals surface area contributed by atoms with E-state index in [0.717, 1.165) is 5.56 Å². The topological polar surface area (TPSA) is 54.4 Å². The van der Waals surface area contributed by atoms with Crippen molar-refractivity contribution in [2.45, 2.75) is 64.2 Å². The average Bonchev–Trinajstić information content (AvgIpc) is 2.25. The summed E-state index contributed by atoms with van der Waals surface area (Å²) in [5, 5.41) is 0. The molecule has 0 saturated carbocycles. The Balaban J connectivity index is 0. The Kier molecular flexibility index (Phi) is 8.16. The van der Waals surface area contributed by atoms with Crippen molar-refractivity contribution < 1.29 is 65.8 Å². The zero-order valence-corrected chi connectivity index (χ0v) is 17.5. The summed E-state index contributed by atoms with van der Waals surface area (Å²) < 4.78 is 33.0. The normalized spacial score (nSPS) is 12.1. The first-order chi connectivity index (χ1) is 8.55. The molecule has 1 aromatic rings. The van der Waals surface area contributed by atoms with Crippen LogP contribution in [0.5, 0.6) is 0 Å². The van der Waals surface area contributed by atoms with E-state index in [1.54, 1.807) is 0 Å². The minimum absolute atomic E-state index is 0. The van der Waals surface area contributed by atoms with Crippen LogP contribution in [0.3, 0.4) is 0 Å². The molecule has 3 nitrogen and oxygen atoms in total. The molecule has 0 aliphatic rings. The van der Waals surface area contributed by atoms with Crippen molar-refractivity contribution >= 4 is 10.1 Å². The molecule has 0 amide bonds. The van der Waals surface area contributed by atoms with Crippen LogP contribution in [0.25, 0.3) is 0 Å². The van der Waals surface area contributed by atoms with E-state index in [0.29, 0.717) is 17.0 Å². The predicted octanol–water partition coefficient (Wildman–Crippen LogP) is 1.42. The van der Waals surface area contributed by atoms with Crippen LogP contribution >= 0.6 is 0 Å². The number of benzene rings is 1. The van der Waals surface area contributed by atoms with Crippen LogP contribution in [0.4, 0.5) is 0 Å². The van der Waals surface area contributed by atoms with E-state index in [1.807, 2.05) is 39.8 Å². The molecule has 20 heavy (non-hydrogen) atoms. The molecule has 0 heterocycles. The van der Waals surface area contributed by atoms with E-state index in [2.05, 4.69) is 13.8 Å². The minimum atomic E-state index is -4.20. The van der Waals surface area contributed by atoms with Gasteiger partial charge in [0.15, 0.2) is 0 Å². The molecule has 0 atom stereocenters. The fourth-order valence-electron chi connectivity index (χ4n) is 2.19. The molecular formula is C15H25KO3S. The van der Waals surface area contributed by atoms with Gasteiger partial charge in [-0.3, -0.25) is 4.55 Å². The van der Waals surface area contributed by atoms with Gasteiger partial charge in [-0.1, -0.05) is 53.7 Å². The van der Waals surface area contributed by atoms with Gasteiger partial charge in [-0.2, -0.15) is 8.42 Å². The van der Waals surface area contributed by atoms with Gasteiger partial charge >= 0.3 is 51.4 Å². The summed E-state index contributed by atoms with van der Waals surface area (Å²) in [6, 6.07) is 3.81. The molecule has 0 radical (unpaired) electrons. The molecule has 0 spiro atoms. The first-order valence-electron chi connectivity index (χ1n) is 6.70. The third-order valence-corrected chi connectivity index (χ3v) is 4.32. The second kappa shape index (κ2) is 7.86. The molecular weight excluding hydrogens is 299 g/mol. The van der Waals surface area contributed by atoms with Crippen molar-refractivity contribution in [3.8, 4) is 0 Å². The summed E-state index contributed by atoms with van der Waals surface area (Å²) in [6.45, 7) is 11.9. The fourth-order valence-corrected chi connectivity index (χ4v) is 3.37. The standard InChI is InChI=1S/C15H24O3S.K.H/c1-9(2)12-7-13(10(3)4)15(19(16,17)18)14(8-12)11(5)6;;/h7-11H,1-6H3,(H,16,17,18);;/q;+1;-1. The average molecular weight is 325 g/mol. The van der Waals surface area contributed by atoms with Gasteiger partial charge in [0.25, 0.3) is 10.1 Å². The zero-order chi connectivity index (χ0) is 15.0.